The van der Waals surface area contributed by atoms with E-state index in [-0.39, 0.29) is 12.6 Å². The summed E-state index contributed by atoms with van der Waals surface area (Å²) in [5, 5.41) is 25.4. The van der Waals surface area contributed by atoms with Crippen molar-refractivity contribution in [3.63, 3.8) is 0 Å². The van der Waals surface area contributed by atoms with Crippen LogP contribution >= 0.6 is 0 Å². The molecule has 0 aromatic heterocycles. The summed E-state index contributed by atoms with van der Waals surface area (Å²) < 4.78 is 5.56. The van der Waals surface area contributed by atoms with Gasteiger partial charge in [0.15, 0.2) is 0 Å². The van der Waals surface area contributed by atoms with Crippen LogP contribution in [0, 0.1) is 11.3 Å². The molecule has 7 nitrogen and oxygen atoms in total. The van der Waals surface area contributed by atoms with Gasteiger partial charge >= 0.3 is 6.03 Å². The molecule has 1 saturated heterocycles. The number of nitriles is 1. The third-order valence-corrected chi connectivity index (χ3v) is 5.11. The molecular weight excluding hydrogens is 332 g/mol. The van der Waals surface area contributed by atoms with Crippen molar-refractivity contribution in [2.45, 2.75) is 43.9 Å². The van der Waals surface area contributed by atoms with Gasteiger partial charge in [-0.3, -0.25) is 0 Å². The van der Waals surface area contributed by atoms with Crippen LogP contribution in [0.25, 0.3) is 0 Å². The zero-order chi connectivity index (χ0) is 18.4. The Labute approximate surface area is 153 Å². The number of carbonyl (C=O) groups is 1. The van der Waals surface area contributed by atoms with Gasteiger partial charge in [-0.1, -0.05) is 12.1 Å². The first-order valence-corrected chi connectivity index (χ1v) is 9.25. The predicted molar refractivity (Wildman–Crippen MR) is 96.8 cm³/mol. The number of hydrogen-bond donors (Lipinski definition) is 3. The number of aliphatic hydroxyl groups excluding tert-OH is 1. The molecule has 0 bridgehead atoms. The van der Waals surface area contributed by atoms with Crippen LogP contribution in [0.3, 0.4) is 0 Å². The van der Waals surface area contributed by atoms with Crippen LogP contribution in [0.4, 0.5) is 4.79 Å². The van der Waals surface area contributed by atoms with E-state index in [4.69, 9.17) is 10.00 Å². The molecule has 0 spiro atoms. The van der Waals surface area contributed by atoms with E-state index in [0.717, 1.165) is 38.8 Å². The van der Waals surface area contributed by atoms with Gasteiger partial charge < -0.3 is 25.4 Å². The van der Waals surface area contributed by atoms with Crippen molar-refractivity contribution in [3.8, 4) is 11.8 Å². The Morgan fingerprint density at radius 2 is 2.12 bits per heavy atom. The maximum absolute atomic E-state index is 11.7. The Bertz CT molecular complexity index is 652. The highest BCUT2D eigenvalue weighted by Crippen LogP contribution is 2.24. The number of rotatable bonds is 7. The number of para-hydroxylation sites is 1. The van der Waals surface area contributed by atoms with Gasteiger partial charge in [0, 0.05) is 31.7 Å². The van der Waals surface area contributed by atoms with Gasteiger partial charge in [-0.15, -0.1) is 0 Å². The summed E-state index contributed by atoms with van der Waals surface area (Å²) in [7, 11) is 0. The number of amides is 2. The van der Waals surface area contributed by atoms with Gasteiger partial charge in [0.25, 0.3) is 0 Å². The fourth-order valence-electron chi connectivity index (χ4n) is 3.66. The smallest absolute Gasteiger partial charge is 0.317 e. The second-order valence-electron chi connectivity index (χ2n) is 6.91. The van der Waals surface area contributed by atoms with Crippen LogP contribution in [-0.2, 0) is 0 Å². The third kappa shape index (κ3) is 4.65. The van der Waals surface area contributed by atoms with Gasteiger partial charge in [0.05, 0.1) is 5.56 Å². The van der Waals surface area contributed by atoms with E-state index < -0.39 is 6.10 Å². The predicted octanol–water partition coefficient (Wildman–Crippen LogP) is 1.22. The number of urea groups is 1. The lowest BCUT2D eigenvalue weighted by atomic mass is 9.90. The van der Waals surface area contributed by atoms with Crippen LogP contribution in [0.1, 0.15) is 31.2 Å². The Balaban J connectivity index is 1.36. The molecule has 2 aliphatic rings. The van der Waals surface area contributed by atoms with Crippen LogP contribution in [-0.4, -0.2) is 60.5 Å². The zero-order valence-corrected chi connectivity index (χ0v) is 14.9. The average molecular weight is 358 g/mol. The molecule has 1 atom stereocenters. The normalized spacial score (nSPS) is 24.0. The number of aliphatic hydroxyl groups is 1. The average Bonchev–Trinajstić information content (AvgIpc) is 3.11. The molecule has 1 aliphatic carbocycles. The number of benzene rings is 1. The number of hydrogen-bond acceptors (Lipinski definition) is 5. The van der Waals surface area contributed by atoms with E-state index in [0.29, 0.717) is 29.9 Å². The molecule has 7 heteroatoms. The lowest BCUT2D eigenvalue weighted by molar-refractivity contribution is 0.0992. The minimum atomic E-state index is -0.635. The minimum absolute atomic E-state index is 0.0617. The summed E-state index contributed by atoms with van der Waals surface area (Å²) >= 11 is 0. The Hall–Kier alpha value is -2.30. The van der Waals surface area contributed by atoms with Crippen LogP contribution in [0.5, 0.6) is 5.75 Å². The van der Waals surface area contributed by atoms with E-state index in [1.54, 1.807) is 24.3 Å². The minimum Gasteiger partial charge on any atom is -0.489 e. The summed E-state index contributed by atoms with van der Waals surface area (Å²) in [5.41, 5.74) is 0.469. The van der Waals surface area contributed by atoms with Crippen molar-refractivity contribution in [1.29, 1.82) is 5.26 Å². The van der Waals surface area contributed by atoms with Gasteiger partial charge in [-0.25, -0.2) is 4.79 Å². The second kappa shape index (κ2) is 8.88. The summed E-state index contributed by atoms with van der Waals surface area (Å²) in [4.78, 5) is 13.7. The molecule has 1 unspecified atom stereocenters. The van der Waals surface area contributed by atoms with Crippen molar-refractivity contribution < 1.29 is 14.6 Å². The van der Waals surface area contributed by atoms with Crippen LogP contribution < -0.4 is 15.4 Å². The van der Waals surface area contributed by atoms with Crippen LogP contribution in [0.15, 0.2) is 24.3 Å². The molecule has 2 amide bonds. The van der Waals surface area contributed by atoms with E-state index in [1.807, 2.05) is 4.90 Å². The highest BCUT2D eigenvalue weighted by atomic mass is 16.5. The molecular formula is C19H26N4O3. The molecule has 1 aromatic carbocycles. The maximum Gasteiger partial charge on any atom is 0.317 e. The van der Waals surface area contributed by atoms with Gasteiger partial charge in [-0.05, 0) is 37.8 Å². The molecule has 1 aliphatic heterocycles. The molecule has 2 fully saturated rings. The number of nitrogens with one attached hydrogen (secondary N) is 2. The fourth-order valence-corrected chi connectivity index (χ4v) is 3.66. The Kier molecular flexibility index (Phi) is 6.31. The molecule has 0 radical (unpaired) electrons. The first kappa shape index (κ1) is 18.5. The van der Waals surface area contributed by atoms with Crippen molar-refractivity contribution in [2.75, 3.05) is 26.2 Å². The van der Waals surface area contributed by atoms with Crippen molar-refractivity contribution in [3.05, 3.63) is 29.8 Å². The molecule has 3 N–H and O–H groups in total. The molecule has 3 rings (SSSR count). The highest BCUT2D eigenvalue weighted by molar-refractivity contribution is 5.76. The summed E-state index contributed by atoms with van der Waals surface area (Å²) in [6.45, 7) is 2.16. The number of nitrogens with zero attached hydrogens (tertiary/aromatic N) is 2. The summed E-state index contributed by atoms with van der Waals surface area (Å²) in [6.07, 6.45) is 3.35. The maximum atomic E-state index is 11.7. The van der Waals surface area contributed by atoms with Crippen molar-refractivity contribution in [1.82, 2.24) is 15.5 Å². The molecule has 1 aromatic rings. The lowest BCUT2D eigenvalue weighted by Crippen LogP contribution is -2.45. The van der Waals surface area contributed by atoms with Gasteiger partial charge in [0.2, 0.25) is 0 Å². The standard InChI is InChI=1S/C19H26N4O3/c20-11-14-3-1-2-4-18(14)26-13-17(24)12-22-15-5-7-16(8-6-15)23-10-9-21-19(23)25/h1-4,15-17,22,24H,5-10,12-13H2,(H,21,25). The molecule has 1 saturated carbocycles. The Morgan fingerprint density at radius 1 is 1.35 bits per heavy atom. The first-order chi connectivity index (χ1) is 12.7. The summed E-state index contributed by atoms with van der Waals surface area (Å²) in [5.74, 6) is 0.499. The second-order valence-corrected chi connectivity index (χ2v) is 6.91. The van der Waals surface area contributed by atoms with Crippen LogP contribution in [0.2, 0.25) is 0 Å². The van der Waals surface area contributed by atoms with Crippen molar-refractivity contribution in [2.24, 2.45) is 0 Å². The lowest BCUT2D eigenvalue weighted by Gasteiger charge is -2.34. The number of ether oxygens (including phenoxy) is 1. The first-order valence-electron chi connectivity index (χ1n) is 9.25. The SMILES string of the molecule is N#Cc1ccccc1OCC(O)CNC1CCC(N2CCNC2=O)CC1. The van der Waals surface area contributed by atoms with E-state index in [1.165, 1.54) is 0 Å². The molecule has 140 valence electrons. The molecule has 26 heavy (non-hydrogen) atoms. The van der Waals surface area contributed by atoms with E-state index in [2.05, 4.69) is 16.7 Å². The fraction of sp³-hybridized carbons (Fsp3) is 0.579. The number of carbonyl (C=O) groups excluding carboxylic acids is 1. The third-order valence-electron chi connectivity index (χ3n) is 5.11. The highest BCUT2D eigenvalue weighted by Gasteiger charge is 2.31. The van der Waals surface area contributed by atoms with Crippen molar-refractivity contribution >= 4 is 6.03 Å². The van der Waals surface area contributed by atoms with Gasteiger partial charge in [-0.2, -0.15) is 5.26 Å². The topological polar surface area (TPSA) is 97.6 Å². The van der Waals surface area contributed by atoms with E-state index in [9.17, 15) is 9.90 Å². The zero-order valence-electron chi connectivity index (χ0n) is 14.9. The largest absolute Gasteiger partial charge is 0.489 e. The summed E-state index contributed by atoms with van der Waals surface area (Å²) in [6, 6.07) is 9.85. The molecule has 1 heterocycles. The quantitative estimate of drug-likeness (QED) is 0.681. The Morgan fingerprint density at radius 3 is 2.81 bits per heavy atom. The monoisotopic (exact) mass is 358 g/mol. The van der Waals surface area contributed by atoms with Gasteiger partial charge in [0.1, 0.15) is 24.5 Å². The van der Waals surface area contributed by atoms with E-state index >= 15 is 0 Å².